The lowest BCUT2D eigenvalue weighted by Gasteiger charge is -2.35. The molecule has 21 heavy (non-hydrogen) atoms. The van der Waals surface area contributed by atoms with Crippen LogP contribution in [0.2, 0.25) is 0 Å². The first kappa shape index (κ1) is 16.2. The third kappa shape index (κ3) is 4.95. The molecule has 0 aliphatic heterocycles. The summed E-state index contributed by atoms with van der Waals surface area (Å²) in [5.74, 6) is 0. The van der Waals surface area contributed by atoms with E-state index in [1.165, 1.54) is 11.8 Å². The molecule has 0 bridgehead atoms. The van der Waals surface area contributed by atoms with Crippen LogP contribution in [0.1, 0.15) is 37.7 Å². The molecule has 0 amide bonds. The smallest absolute Gasteiger partial charge is 0.233 e. The number of nitrogens with one attached hydrogen (secondary N) is 1. The third-order valence-electron chi connectivity index (χ3n) is 4.14. The summed E-state index contributed by atoms with van der Waals surface area (Å²) in [5.41, 5.74) is 0.559. The van der Waals surface area contributed by atoms with E-state index in [0.717, 1.165) is 31.2 Å². The van der Waals surface area contributed by atoms with Crippen LogP contribution in [0.3, 0.4) is 0 Å². The van der Waals surface area contributed by atoms with Gasteiger partial charge in [0.1, 0.15) is 0 Å². The van der Waals surface area contributed by atoms with Crippen molar-refractivity contribution in [2.24, 2.45) is 5.41 Å². The molecule has 0 atom stereocenters. The van der Waals surface area contributed by atoms with E-state index in [0.29, 0.717) is 6.54 Å². The van der Waals surface area contributed by atoms with Crippen molar-refractivity contribution in [3.05, 3.63) is 41.3 Å². The molecule has 0 aromatic heterocycles. The van der Waals surface area contributed by atoms with Gasteiger partial charge in [0.05, 0.1) is 0 Å². The zero-order valence-electron chi connectivity index (χ0n) is 12.2. The second-order valence-corrected chi connectivity index (χ2v) is 7.45. The number of hydrogen-bond acceptors (Lipinski definition) is 3. The van der Waals surface area contributed by atoms with Gasteiger partial charge in [0.15, 0.2) is 0 Å². The fourth-order valence-corrected chi connectivity index (χ4v) is 3.67. The summed E-state index contributed by atoms with van der Waals surface area (Å²) in [6, 6.07) is 9.31. The zero-order chi connectivity index (χ0) is 15.2. The second-order valence-electron chi connectivity index (χ2n) is 5.80. The Morgan fingerprint density at radius 1 is 1.14 bits per heavy atom. The quantitative estimate of drug-likeness (QED) is 0.848. The summed E-state index contributed by atoms with van der Waals surface area (Å²) in [4.78, 5) is 0. The Morgan fingerprint density at radius 3 is 2.43 bits per heavy atom. The van der Waals surface area contributed by atoms with Crippen molar-refractivity contribution in [2.45, 2.75) is 32.1 Å². The summed E-state index contributed by atoms with van der Waals surface area (Å²) in [7, 11) is -3.47. The van der Waals surface area contributed by atoms with Crippen LogP contribution in [0.4, 0.5) is 0 Å². The van der Waals surface area contributed by atoms with E-state index in [-0.39, 0.29) is 12.0 Å². The van der Waals surface area contributed by atoms with Gasteiger partial charge in [-0.2, -0.15) is 0 Å². The van der Waals surface area contributed by atoms with Crippen molar-refractivity contribution in [3.63, 3.8) is 0 Å². The summed E-state index contributed by atoms with van der Waals surface area (Å²) in [6.45, 7) is 0.350. The molecule has 4 nitrogen and oxygen atoms in total. The lowest BCUT2D eigenvalue weighted by atomic mass is 9.75. The van der Waals surface area contributed by atoms with Crippen LogP contribution in [0, 0.1) is 5.41 Å². The number of rotatable bonds is 6. The van der Waals surface area contributed by atoms with Crippen LogP contribution >= 0.6 is 0 Å². The third-order valence-corrected chi connectivity index (χ3v) is 5.18. The minimum absolute atomic E-state index is 0.0396. The first-order chi connectivity index (χ1) is 10.1. The molecule has 0 saturated heterocycles. The highest BCUT2D eigenvalue weighted by Gasteiger charge is 2.32. The maximum Gasteiger partial charge on any atom is 0.233 e. The molecule has 0 spiro atoms. The SMILES string of the molecule is O=S(=O)(/C=C/c1ccccc1)NCC1(CO)CCCCC1. The van der Waals surface area contributed by atoms with Crippen LogP contribution in [-0.4, -0.2) is 26.7 Å². The van der Waals surface area contributed by atoms with Crippen molar-refractivity contribution in [1.82, 2.24) is 4.72 Å². The molecule has 116 valence electrons. The van der Waals surface area contributed by atoms with E-state index >= 15 is 0 Å². The molecule has 5 heteroatoms. The van der Waals surface area contributed by atoms with Crippen LogP contribution in [0.15, 0.2) is 35.7 Å². The molecular formula is C16H23NO3S. The van der Waals surface area contributed by atoms with Gasteiger partial charge >= 0.3 is 0 Å². The number of hydrogen-bond donors (Lipinski definition) is 2. The van der Waals surface area contributed by atoms with Crippen LogP contribution in [-0.2, 0) is 10.0 Å². The van der Waals surface area contributed by atoms with Gasteiger partial charge in [0.25, 0.3) is 0 Å². The molecule has 2 N–H and O–H groups in total. The van der Waals surface area contributed by atoms with Gasteiger partial charge in [-0.1, -0.05) is 49.6 Å². The molecule has 0 radical (unpaired) electrons. The first-order valence-electron chi connectivity index (χ1n) is 7.39. The highest BCUT2D eigenvalue weighted by atomic mass is 32.2. The summed E-state index contributed by atoms with van der Waals surface area (Å²) in [5, 5.41) is 10.8. The zero-order valence-corrected chi connectivity index (χ0v) is 13.0. The predicted molar refractivity (Wildman–Crippen MR) is 85.0 cm³/mol. The lowest BCUT2D eigenvalue weighted by Crippen LogP contribution is -2.40. The van der Waals surface area contributed by atoms with Crippen molar-refractivity contribution in [1.29, 1.82) is 0 Å². The van der Waals surface area contributed by atoms with Crippen molar-refractivity contribution in [3.8, 4) is 0 Å². The fraction of sp³-hybridized carbons (Fsp3) is 0.500. The largest absolute Gasteiger partial charge is 0.396 e. The van der Waals surface area contributed by atoms with E-state index in [1.807, 2.05) is 30.3 Å². The molecule has 2 rings (SSSR count). The molecule has 1 aromatic carbocycles. The summed E-state index contributed by atoms with van der Waals surface area (Å²) in [6.07, 6.45) is 6.63. The Bertz CT molecular complexity index is 560. The van der Waals surface area contributed by atoms with Crippen LogP contribution < -0.4 is 4.72 Å². The normalized spacial score (nSPS) is 18.9. The Hall–Kier alpha value is -1.17. The minimum Gasteiger partial charge on any atom is -0.396 e. The van der Waals surface area contributed by atoms with Gasteiger partial charge in [-0.25, -0.2) is 13.1 Å². The molecule has 1 fully saturated rings. The molecule has 0 unspecified atom stereocenters. The minimum atomic E-state index is -3.47. The van der Waals surface area contributed by atoms with Gasteiger partial charge in [-0.3, -0.25) is 0 Å². The van der Waals surface area contributed by atoms with E-state index in [4.69, 9.17) is 0 Å². The molecule has 1 aromatic rings. The number of benzene rings is 1. The molecule has 1 aliphatic rings. The topological polar surface area (TPSA) is 66.4 Å². The standard InChI is InChI=1S/C16H23NO3S/c18-14-16(10-5-2-6-11-16)13-17-21(19,20)12-9-15-7-3-1-4-8-15/h1,3-4,7-9,12,17-18H,2,5-6,10-11,13-14H2/b12-9+. The van der Waals surface area contributed by atoms with Crippen LogP contribution in [0.25, 0.3) is 6.08 Å². The van der Waals surface area contributed by atoms with Crippen molar-refractivity contribution in [2.75, 3.05) is 13.2 Å². The Morgan fingerprint density at radius 2 is 1.81 bits per heavy atom. The predicted octanol–water partition coefficient (Wildman–Crippen LogP) is 2.52. The molecule has 0 heterocycles. The second kappa shape index (κ2) is 7.20. The van der Waals surface area contributed by atoms with E-state index in [9.17, 15) is 13.5 Å². The fourth-order valence-electron chi connectivity index (χ4n) is 2.73. The average molecular weight is 309 g/mol. The van der Waals surface area contributed by atoms with Gasteiger partial charge in [-0.15, -0.1) is 0 Å². The number of aliphatic hydroxyl groups excluding tert-OH is 1. The average Bonchev–Trinajstić information content (AvgIpc) is 2.53. The van der Waals surface area contributed by atoms with Gasteiger partial charge in [0, 0.05) is 24.0 Å². The Kier molecular flexibility index (Phi) is 5.56. The summed E-state index contributed by atoms with van der Waals surface area (Å²) < 4.78 is 26.7. The lowest BCUT2D eigenvalue weighted by molar-refractivity contribution is 0.0868. The number of sulfonamides is 1. The Labute approximate surface area is 126 Å². The molecule has 1 saturated carbocycles. The summed E-state index contributed by atoms with van der Waals surface area (Å²) >= 11 is 0. The van der Waals surface area contributed by atoms with Gasteiger partial charge in [0.2, 0.25) is 10.0 Å². The van der Waals surface area contributed by atoms with E-state index in [1.54, 1.807) is 6.08 Å². The van der Waals surface area contributed by atoms with E-state index in [2.05, 4.69) is 4.72 Å². The maximum atomic E-state index is 12.0. The molecular weight excluding hydrogens is 286 g/mol. The molecule has 1 aliphatic carbocycles. The highest BCUT2D eigenvalue weighted by Crippen LogP contribution is 2.35. The van der Waals surface area contributed by atoms with E-state index < -0.39 is 10.0 Å². The highest BCUT2D eigenvalue weighted by molar-refractivity contribution is 7.92. The van der Waals surface area contributed by atoms with Crippen molar-refractivity contribution < 1.29 is 13.5 Å². The van der Waals surface area contributed by atoms with Gasteiger partial charge < -0.3 is 5.11 Å². The van der Waals surface area contributed by atoms with Crippen LogP contribution in [0.5, 0.6) is 0 Å². The number of aliphatic hydroxyl groups is 1. The van der Waals surface area contributed by atoms with Gasteiger partial charge in [-0.05, 0) is 24.5 Å². The Balaban J connectivity index is 1.96. The van der Waals surface area contributed by atoms with Crippen molar-refractivity contribution >= 4 is 16.1 Å². The monoisotopic (exact) mass is 309 g/mol. The first-order valence-corrected chi connectivity index (χ1v) is 8.94. The maximum absolute atomic E-state index is 12.0.